The van der Waals surface area contributed by atoms with Crippen molar-refractivity contribution < 1.29 is 0 Å². The van der Waals surface area contributed by atoms with E-state index in [2.05, 4.69) is 16.8 Å². The Balaban J connectivity index is 1.86. The second-order valence-corrected chi connectivity index (χ2v) is 7.01. The maximum absolute atomic E-state index is 6.24. The van der Waals surface area contributed by atoms with Crippen LogP contribution in [0.4, 0.5) is 0 Å². The van der Waals surface area contributed by atoms with E-state index < -0.39 is 0 Å². The van der Waals surface area contributed by atoms with E-state index in [4.69, 9.17) is 16.6 Å². The number of fused-ring (bicyclic) bond motifs is 2. The second kappa shape index (κ2) is 4.56. The third kappa shape index (κ3) is 1.91. The van der Waals surface area contributed by atoms with Crippen LogP contribution in [0, 0.1) is 0 Å². The summed E-state index contributed by atoms with van der Waals surface area (Å²) >= 11 is 9.78. The van der Waals surface area contributed by atoms with Crippen LogP contribution in [0.15, 0.2) is 29.6 Å². The summed E-state index contributed by atoms with van der Waals surface area (Å²) in [6.07, 6.45) is 1.12. The Bertz CT molecular complexity index is 747. The van der Waals surface area contributed by atoms with Gasteiger partial charge in [0.1, 0.15) is 5.01 Å². The fraction of sp³-hybridized carbons (Fsp3) is 0.214. The molecule has 0 spiro atoms. The highest BCUT2D eigenvalue weighted by Gasteiger charge is 2.25. The molecule has 0 saturated heterocycles. The van der Waals surface area contributed by atoms with Gasteiger partial charge < -0.3 is 5.32 Å². The number of hydrogen-bond acceptors (Lipinski definition) is 4. The molecule has 1 aromatic carbocycles. The summed E-state index contributed by atoms with van der Waals surface area (Å²) in [7, 11) is 0. The number of halogens is 1. The first kappa shape index (κ1) is 11.9. The van der Waals surface area contributed by atoms with Crippen molar-refractivity contribution in [3.8, 4) is 0 Å². The molecule has 0 bridgehead atoms. The van der Waals surface area contributed by atoms with Crippen LogP contribution in [0.3, 0.4) is 0 Å². The average molecular weight is 307 g/mol. The van der Waals surface area contributed by atoms with E-state index in [-0.39, 0.29) is 6.04 Å². The largest absolute Gasteiger partial charge is 0.304 e. The number of thiophene rings is 1. The maximum Gasteiger partial charge on any atom is 0.115 e. The quantitative estimate of drug-likeness (QED) is 0.727. The van der Waals surface area contributed by atoms with E-state index in [1.165, 1.54) is 10.4 Å². The fourth-order valence-corrected chi connectivity index (χ4v) is 4.80. The Morgan fingerprint density at radius 2 is 2.26 bits per heavy atom. The molecule has 5 heteroatoms. The summed E-state index contributed by atoms with van der Waals surface area (Å²) in [4.78, 5) is 6.23. The molecule has 0 radical (unpaired) electrons. The number of benzene rings is 1. The van der Waals surface area contributed by atoms with Gasteiger partial charge in [-0.3, -0.25) is 0 Å². The number of rotatable bonds is 1. The molecule has 0 saturated carbocycles. The molecule has 0 fully saturated rings. The zero-order chi connectivity index (χ0) is 12.8. The first-order valence-electron chi connectivity index (χ1n) is 6.17. The van der Waals surface area contributed by atoms with E-state index >= 15 is 0 Å². The third-order valence-electron chi connectivity index (χ3n) is 3.42. The minimum absolute atomic E-state index is 0.225. The predicted octanol–water partition coefficient (Wildman–Crippen LogP) is 4.25. The Morgan fingerprint density at radius 1 is 1.32 bits per heavy atom. The molecule has 0 amide bonds. The second-order valence-electron chi connectivity index (χ2n) is 4.58. The number of hydrogen-bond donors (Lipinski definition) is 1. The predicted molar refractivity (Wildman–Crippen MR) is 82.5 cm³/mol. The number of thiazole rings is 1. The zero-order valence-corrected chi connectivity index (χ0v) is 12.4. The molecule has 1 atom stereocenters. The molecule has 3 aromatic rings. The van der Waals surface area contributed by atoms with Crippen LogP contribution in [-0.4, -0.2) is 11.5 Å². The first-order valence-corrected chi connectivity index (χ1v) is 8.25. The molecule has 2 aromatic heterocycles. The van der Waals surface area contributed by atoms with Crippen molar-refractivity contribution in [3.63, 3.8) is 0 Å². The molecule has 1 aliphatic rings. The Hall–Kier alpha value is -0.940. The topological polar surface area (TPSA) is 24.9 Å². The number of nitrogens with zero attached hydrogens (tertiary/aromatic N) is 1. The van der Waals surface area contributed by atoms with Gasteiger partial charge in [0.25, 0.3) is 0 Å². The highest BCUT2D eigenvalue weighted by Crippen LogP contribution is 2.37. The Labute approximate surface area is 124 Å². The van der Waals surface area contributed by atoms with Crippen molar-refractivity contribution in [3.05, 3.63) is 50.1 Å². The van der Waals surface area contributed by atoms with Gasteiger partial charge in [0.15, 0.2) is 0 Å². The zero-order valence-electron chi connectivity index (χ0n) is 10.0. The van der Waals surface area contributed by atoms with Gasteiger partial charge in [-0.25, -0.2) is 4.98 Å². The van der Waals surface area contributed by atoms with Crippen molar-refractivity contribution in [2.45, 2.75) is 12.5 Å². The third-order valence-corrected chi connectivity index (χ3v) is 6.01. The first-order chi connectivity index (χ1) is 9.33. The maximum atomic E-state index is 6.24. The van der Waals surface area contributed by atoms with Crippen molar-refractivity contribution in [2.75, 3.05) is 6.54 Å². The minimum atomic E-state index is 0.225. The van der Waals surface area contributed by atoms with Crippen LogP contribution in [-0.2, 0) is 6.42 Å². The molecule has 0 aliphatic carbocycles. The van der Waals surface area contributed by atoms with Crippen LogP contribution in [0.5, 0.6) is 0 Å². The van der Waals surface area contributed by atoms with Crippen LogP contribution in [0.2, 0.25) is 5.02 Å². The van der Waals surface area contributed by atoms with Crippen molar-refractivity contribution >= 4 is 44.5 Å². The van der Waals surface area contributed by atoms with E-state index in [1.807, 2.05) is 29.5 Å². The van der Waals surface area contributed by atoms with E-state index in [1.54, 1.807) is 11.3 Å². The number of nitrogens with one attached hydrogen (secondary N) is 1. The van der Waals surface area contributed by atoms with Crippen LogP contribution >= 0.6 is 34.3 Å². The van der Waals surface area contributed by atoms with Gasteiger partial charge >= 0.3 is 0 Å². The monoisotopic (exact) mass is 306 g/mol. The van der Waals surface area contributed by atoms with Gasteiger partial charge in [-0.15, -0.1) is 22.7 Å². The average Bonchev–Trinajstić information content (AvgIpc) is 3.05. The van der Waals surface area contributed by atoms with Crippen LogP contribution < -0.4 is 5.32 Å². The molecule has 2 nitrogen and oxygen atoms in total. The molecule has 1 aliphatic heterocycles. The van der Waals surface area contributed by atoms with Crippen molar-refractivity contribution in [2.24, 2.45) is 0 Å². The highest BCUT2D eigenvalue weighted by molar-refractivity contribution is 7.19. The van der Waals surface area contributed by atoms with Gasteiger partial charge in [-0.1, -0.05) is 17.7 Å². The molecule has 3 heterocycles. The highest BCUT2D eigenvalue weighted by atomic mass is 35.5. The summed E-state index contributed by atoms with van der Waals surface area (Å²) in [5.41, 5.74) is 2.38. The van der Waals surface area contributed by atoms with Crippen LogP contribution in [0.25, 0.3) is 10.2 Å². The fourth-order valence-electron chi connectivity index (χ4n) is 2.53. The molecule has 19 heavy (non-hydrogen) atoms. The van der Waals surface area contributed by atoms with Gasteiger partial charge in [0.2, 0.25) is 0 Å². The van der Waals surface area contributed by atoms with E-state index in [0.717, 1.165) is 33.2 Å². The summed E-state index contributed by atoms with van der Waals surface area (Å²) in [5.74, 6) is 0. The SMILES string of the molecule is Clc1cccc2nc(C3NCCc4sccc43)sc12. The van der Waals surface area contributed by atoms with E-state index in [0.29, 0.717) is 0 Å². The number of aromatic nitrogens is 1. The molecule has 4 rings (SSSR count). The van der Waals surface area contributed by atoms with Gasteiger partial charge in [-0.05, 0) is 35.6 Å². The smallest absolute Gasteiger partial charge is 0.115 e. The van der Waals surface area contributed by atoms with Gasteiger partial charge in [0, 0.05) is 11.4 Å². The molecule has 96 valence electrons. The lowest BCUT2D eigenvalue weighted by atomic mass is 10.0. The molecular weight excluding hydrogens is 296 g/mol. The van der Waals surface area contributed by atoms with E-state index in [9.17, 15) is 0 Å². The van der Waals surface area contributed by atoms with Crippen molar-refractivity contribution in [1.29, 1.82) is 0 Å². The summed E-state index contributed by atoms with van der Waals surface area (Å²) in [6, 6.07) is 8.35. The summed E-state index contributed by atoms with van der Waals surface area (Å²) < 4.78 is 1.09. The Kier molecular flexibility index (Phi) is 2.84. The molecule has 1 unspecified atom stereocenters. The molecule has 1 N–H and O–H groups in total. The minimum Gasteiger partial charge on any atom is -0.304 e. The standard InChI is InChI=1S/C14H11ClN2S2/c15-9-2-1-3-10-13(9)19-14(17-10)12-8-5-7-18-11(8)4-6-16-12/h1-3,5,7,12,16H,4,6H2. The molecular formula is C14H11ClN2S2. The summed E-state index contributed by atoms with van der Waals surface area (Å²) in [6.45, 7) is 1.02. The van der Waals surface area contributed by atoms with Gasteiger partial charge in [-0.2, -0.15) is 0 Å². The van der Waals surface area contributed by atoms with Crippen LogP contribution in [0.1, 0.15) is 21.5 Å². The van der Waals surface area contributed by atoms with Gasteiger partial charge in [0.05, 0.1) is 21.3 Å². The lowest BCUT2D eigenvalue weighted by molar-refractivity contribution is 0.573. The van der Waals surface area contributed by atoms with Crippen molar-refractivity contribution in [1.82, 2.24) is 10.3 Å². The summed E-state index contributed by atoms with van der Waals surface area (Å²) in [5, 5.41) is 7.65. The lowest BCUT2D eigenvalue weighted by Crippen LogP contribution is -2.29. The lowest BCUT2D eigenvalue weighted by Gasteiger charge is -2.22. The Morgan fingerprint density at radius 3 is 3.16 bits per heavy atom. The normalized spacial score (nSPS) is 18.7.